The van der Waals surface area contributed by atoms with Crippen LogP contribution in [0.2, 0.25) is 0 Å². The van der Waals surface area contributed by atoms with Crippen LogP contribution in [0.15, 0.2) is 21.2 Å². The zero-order valence-electron chi connectivity index (χ0n) is 9.01. The van der Waals surface area contributed by atoms with E-state index in [2.05, 4.69) is 14.7 Å². The molecule has 0 aliphatic rings. The van der Waals surface area contributed by atoms with Crippen LogP contribution in [0.3, 0.4) is 0 Å². The fourth-order valence-electron chi connectivity index (χ4n) is 0.913. The van der Waals surface area contributed by atoms with Crippen LogP contribution in [-0.4, -0.2) is 21.5 Å². The minimum absolute atomic E-state index is 0.117. The number of aromatic nitrogens is 2. The maximum Gasteiger partial charge on any atom is 0.220 e. The number of rotatable bonds is 2. The van der Waals surface area contributed by atoms with Gasteiger partial charge in [0.15, 0.2) is 12.0 Å². The lowest BCUT2D eigenvalue weighted by Crippen LogP contribution is -1.78. The third-order valence-electron chi connectivity index (χ3n) is 1.57. The second-order valence-electron chi connectivity index (χ2n) is 3.01. The van der Waals surface area contributed by atoms with Gasteiger partial charge in [0.05, 0.1) is 11.9 Å². The molecule has 0 bridgehead atoms. The molecule has 2 aromatic heterocycles. The summed E-state index contributed by atoms with van der Waals surface area (Å²) in [5.41, 5.74) is 0.729. The van der Waals surface area contributed by atoms with E-state index in [4.69, 9.17) is 9.52 Å². The molecular formula is C10H12N2O4. The molecule has 6 heteroatoms. The Kier molecular flexibility index (Phi) is 4.41. The van der Waals surface area contributed by atoms with Crippen molar-refractivity contribution in [3.05, 3.63) is 35.4 Å². The first-order valence-electron chi connectivity index (χ1n) is 4.56. The zero-order chi connectivity index (χ0) is 12.0. The summed E-state index contributed by atoms with van der Waals surface area (Å²) in [4.78, 5) is 13.6. The average Bonchev–Trinajstić information content (AvgIpc) is 2.88. The van der Waals surface area contributed by atoms with Crippen LogP contribution >= 0.6 is 0 Å². The number of hydrogen-bond donors (Lipinski definition) is 1. The Morgan fingerprint density at radius 2 is 2.25 bits per heavy atom. The summed E-state index contributed by atoms with van der Waals surface area (Å²) in [7, 11) is 0. The standard InChI is InChI=1S/C5H7NO2.C5H5NO2/c1-4-2-6-5(3-7)8-4;1-4-2-5(3-7)8-6-4/h2,7H,3H2,1H3;2-3H,1H3. The minimum Gasteiger partial charge on any atom is -0.444 e. The molecule has 0 aromatic carbocycles. The largest absolute Gasteiger partial charge is 0.444 e. The topological polar surface area (TPSA) is 89.4 Å². The van der Waals surface area contributed by atoms with Crippen molar-refractivity contribution < 1.29 is 18.8 Å². The van der Waals surface area contributed by atoms with Crippen LogP contribution in [0.25, 0.3) is 0 Å². The Labute approximate surface area is 91.9 Å². The highest BCUT2D eigenvalue weighted by atomic mass is 16.5. The van der Waals surface area contributed by atoms with Gasteiger partial charge in [-0.25, -0.2) is 4.98 Å². The van der Waals surface area contributed by atoms with Gasteiger partial charge in [0.2, 0.25) is 5.89 Å². The minimum atomic E-state index is -0.117. The number of nitrogens with zero attached hydrogens (tertiary/aromatic N) is 2. The van der Waals surface area contributed by atoms with E-state index in [9.17, 15) is 4.79 Å². The summed E-state index contributed by atoms with van der Waals surface area (Å²) in [5, 5.41) is 11.9. The Bertz CT molecular complexity index is 447. The lowest BCUT2D eigenvalue weighted by molar-refractivity contribution is 0.109. The third-order valence-corrected chi connectivity index (χ3v) is 1.57. The molecule has 0 aliphatic heterocycles. The van der Waals surface area contributed by atoms with Crippen molar-refractivity contribution in [2.75, 3.05) is 0 Å². The van der Waals surface area contributed by atoms with E-state index in [1.54, 1.807) is 26.1 Å². The maximum atomic E-state index is 9.89. The molecule has 1 N–H and O–H groups in total. The molecule has 0 saturated heterocycles. The number of carbonyl (C=O) groups is 1. The van der Waals surface area contributed by atoms with Gasteiger partial charge in [-0.3, -0.25) is 4.79 Å². The van der Waals surface area contributed by atoms with Crippen LogP contribution in [-0.2, 0) is 6.61 Å². The molecule has 0 aliphatic carbocycles. The van der Waals surface area contributed by atoms with Crippen molar-refractivity contribution in [2.24, 2.45) is 0 Å². The third kappa shape index (κ3) is 3.66. The molecular weight excluding hydrogens is 212 g/mol. The van der Waals surface area contributed by atoms with Crippen LogP contribution in [0.1, 0.15) is 27.9 Å². The second kappa shape index (κ2) is 5.82. The highest BCUT2D eigenvalue weighted by Crippen LogP contribution is 1.99. The molecule has 0 fully saturated rings. The SMILES string of the molecule is Cc1cc(C=O)on1.Cc1cnc(CO)o1. The quantitative estimate of drug-likeness (QED) is 0.772. The predicted octanol–water partition coefficient (Wildman–Crippen LogP) is 1.27. The molecule has 0 saturated carbocycles. The van der Waals surface area contributed by atoms with Crippen LogP contribution in [0.4, 0.5) is 0 Å². The van der Waals surface area contributed by atoms with E-state index in [1.165, 1.54) is 0 Å². The normalized spacial score (nSPS) is 9.44. The van der Waals surface area contributed by atoms with Gasteiger partial charge < -0.3 is 14.0 Å². The van der Waals surface area contributed by atoms with E-state index in [-0.39, 0.29) is 12.4 Å². The molecule has 16 heavy (non-hydrogen) atoms. The summed E-state index contributed by atoms with van der Waals surface area (Å²) < 4.78 is 9.37. The number of aldehydes is 1. The zero-order valence-corrected chi connectivity index (χ0v) is 9.01. The fraction of sp³-hybridized carbons (Fsp3) is 0.300. The van der Waals surface area contributed by atoms with Crippen molar-refractivity contribution in [3.63, 3.8) is 0 Å². The van der Waals surface area contributed by atoms with Gasteiger partial charge in [-0.2, -0.15) is 0 Å². The summed E-state index contributed by atoms with van der Waals surface area (Å²) >= 11 is 0. The Balaban J connectivity index is 0.000000160. The van der Waals surface area contributed by atoms with E-state index >= 15 is 0 Å². The average molecular weight is 224 g/mol. The monoisotopic (exact) mass is 224 g/mol. The number of aliphatic hydroxyl groups is 1. The van der Waals surface area contributed by atoms with Gasteiger partial charge >= 0.3 is 0 Å². The van der Waals surface area contributed by atoms with Crippen LogP contribution in [0, 0.1) is 13.8 Å². The van der Waals surface area contributed by atoms with Crippen LogP contribution < -0.4 is 0 Å². The molecule has 0 spiro atoms. The highest BCUT2D eigenvalue weighted by molar-refractivity contribution is 5.70. The molecule has 0 radical (unpaired) electrons. The molecule has 2 rings (SSSR count). The smallest absolute Gasteiger partial charge is 0.220 e. The van der Waals surface area contributed by atoms with Crippen molar-refractivity contribution in [2.45, 2.75) is 20.5 Å². The van der Waals surface area contributed by atoms with Crippen molar-refractivity contribution in [1.29, 1.82) is 0 Å². The number of hydrogen-bond acceptors (Lipinski definition) is 6. The molecule has 6 nitrogen and oxygen atoms in total. The van der Waals surface area contributed by atoms with Gasteiger partial charge in [0.1, 0.15) is 12.4 Å². The van der Waals surface area contributed by atoms with E-state index in [1.807, 2.05) is 0 Å². The van der Waals surface area contributed by atoms with Gasteiger partial charge in [-0.15, -0.1) is 0 Å². The van der Waals surface area contributed by atoms with Gasteiger partial charge in [-0.05, 0) is 13.8 Å². The van der Waals surface area contributed by atoms with Crippen molar-refractivity contribution >= 4 is 6.29 Å². The van der Waals surface area contributed by atoms with Crippen LogP contribution in [0.5, 0.6) is 0 Å². The molecule has 2 aromatic rings. The predicted molar refractivity (Wildman–Crippen MR) is 53.8 cm³/mol. The lowest BCUT2D eigenvalue weighted by Gasteiger charge is -1.80. The Hall–Kier alpha value is -1.95. The van der Waals surface area contributed by atoms with Gasteiger partial charge in [0, 0.05) is 6.07 Å². The Morgan fingerprint density at radius 1 is 1.50 bits per heavy atom. The van der Waals surface area contributed by atoms with Gasteiger partial charge in [-0.1, -0.05) is 5.16 Å². The van der Waals surface area contributed by atoms with Crippen molar-refractivity contribution in [1.82, 2.24) is 10.1 Å². The number of aliphatic hydroxyl groups excluding tert-OH is 1. The molecule has 0 amide bonds. The summed E-state index contributed by atoms with van der Waals surface area (Å²) in [6, 6.07) is 1.58. The van der Waals surface area contributed by atoms with Gasteiger partial charge in [0.25, 0.3) is 0 Å². The van der Waals surface area contributed by atoms with E-state index in [0.29, 0.717) is 12.2 Å². The molecule has 0 unspecified atom stereocenters. The number of aryl methyl sites for hydroxylation is 2. The summed E-state index contributed by atoms with van der Waals surface area (Å²) in [5.74, 6) is 1.39. The number of carbonyl (C=O) groups excluding carboxylic acids is 1. The first-order chi connectivity index (χ1) is 7.65. The van der Waals surface area contributed by atoms with E-state index in [0.717, 1.165) is 11.5 Å². The fourth-order valence-corrected chi connectivity index (χ4v) is 0.913. The molecule has 86 valence electrons. The second-order valence-corrected chi connectivity index (χ2v) is 3.01. The molecule has 0 atom stereocenters. The Morgan fingerprint density at radius 3 is 2.50 bits per heavy atom. The number of oxazole rings is 1. The summed E-state index contributed by atoms with van der Waals surface area (Å²) in [6.07, 6.45) is 2.20. The highest BCUT2D eigenvalue weighted by Gasteiger charge is 1.94. The molecule has 2 heterocycles. The first-order valence-corrected chi connectivity index (χ1v) is 4.56. The van der Waals surface area contributed by atoms with E-state index < -0.39 is 0 Å². The van der Waals surface area contributed by atoms with Crippen molar-refractivity contribution in [3.8, 4) is 0 Å². The lowest BCUT2D eigenvalue weighted by atomic mass is 10.4. The first kappa shape index (κ1) is 12.1. The summed E-state index contributed by atoms with van der Waals surface area (Å²) in [6.45, 7) is 3.43. The maximum absolute atomic E-state index is 9.89.